The van der Waals surface area contributed by atoms with Crippen LogP contribution >= 0.6 is 15.9 Å². The van der Waals surface area contributed by atoms with E-state index in [4.69, 9.17) is 4.74 Å². The molecule has 1 aromatic carbocycles. The van der Waals surface area contributed by atoms with Gasteiger partial charge in [0.1, 0.15) is 16.1 Å². The van der Waals surface area contributed by atoms with Crippen LogP contribution in [-0.4, -0.2) is 17.2 Å². The van der Waals surface area contributed by atoms with Gasteiger partial charge >= 0.3 is 0 Å². The van der Waals surface area contributed by atoms with E-state index >= 15 is 0 Å². The molecule has 1 heterocycles. The third kappa shape index (κ3) is 3.17. The number of phenolic OH excluding ortho intramolecular Hbond substituents is 1. The first kappa shape index (κ1) is 13.7. The van der Waals surface area contributed by atoms with Crippen molar-refractivity contribution < 1.29 is 9.84 Å². The summed E-state index contributed by atoms with van der Waals surface area (Å²) in [5.74, 6) is 0.951. The maximum Gasteiger partial charge on any atom is 0.129 e. The molecule has 0 bridgehead atoms. The van der Waals surface area contributed by atoms with Crippen LogP contribution < -0.4 is 10.1 Å². The fraction of sp³-hybridized carbons (Fsp3) is 0.214. The maximum atomic E-state index is 9.93. The highest BCUT2D eigenvalue weighted by Gasteiger charge is 2.13. The summed E-state index contributed by atoms with van der Waals surface area (Å²) in [4.78, 5) is 4.15. The summed E-state index contributed by atoms with van der Waals surface area (Å²) in [6, 6.07) is 8.87. The Labute approximate surface area is 120 Å². The minimum atomic E-state index is -0.0735. The van der Waals surface area contributed by atoms with E-state index in [9.17, 15) is 5.11 Å². The molecule has 4 nitrogen and oxygen atoms in total. The molecule has 2 aromatic rings. The highest BCUT2D eigenvalue weighted by Crippen LogP contribution is 2.31. The number of hydrogen-bond acceptors (Lipinski definition) is 4. The van der Waals surface area contributed by atoms with Crippen molar-refractivity contribution in [3.8, 4) is 11.5 Å². The number of pyridine rings is 1. The van der Waals surface area contributed by atoms with E-state index in [-0.39, 0.29) is 11.8 Å². The topological polar surface area (TPSA) is 54.4 Å². The van der Waals surface area contributed by atoms with Crippen LogP contribution in [0.2, 0.25) is 0 Å². The maximum absolute atomic E-state index is 9.93. The minimum absolute atomic E-state index is 0.0735. The van der Waals surface area contributed by atoms with Gasteiger partial charge in [-0.05, 0) is 53.2 Å². The van der Waals surface area contributed by atoms with Gasteiger partial charge in [-0.3, -0.25) is 0 Å². The van der Waals surface area contributed by atoms with Crippen LogP contribution in [0.5, 0.6) is 11.5 Å². The lowest BCUT2D eigenvalue weighted by Gasteiger charge is -2.18. The largest absolute Gasteiger partial charge is 0.508 e. The Balaban J connectivity index is 2.25. The average molecular weight is 323 g/mol. The fourth-order valence-corrected chi connectivity index (χ4v) is 2.18. The molecule has 0 aliphatic carbocycles. The predicted octanol–water partition coefficient (Wildman–Crippen LogP) is 3.73. The number of hydrogen-bond donors (Lipinski definition) is 2. The highest BCUT2D eigenvalue weighted by molar-refractivity contribution is 9.10. The number of methoxy groups -OCH3 is 1. The van der Waals surface area contributed by atoms with E-state index in [2.05, 4.69) is 26.2 Å². The number of ether oxygens (including phenoxy) is 1. The molecule has 0 aliphatic rings. The summed E-state index contributed by atoms with van der Waals surface area (Å²) in [6.45, 7) is 1.97. The van der Waals surface area contributed by atoms with Crippen LogP contribution in [0.4, 0.5) is 5.69 Å². The van der Waals surface area contributed by atoms with Gasteiger partial charge in [-0.1, -0.05) is 0 Å². The van der Waals surface area contributed by atoms with Gasteiger partial charge in [-0.25, -0.2) is 4.98 Å². The second kappa shape index (κ2) is 5.93. The Morgan fingerprint density at radius 2 is 2.16 bits per heavy atom. The lowest BCUT2D eigenvalue weighted by Crippen LogP contribution is -2.08. The van der Waals surface area contributed by atoms with Gasteiger partial charge in [0.25, 0.3) is 0 Å². The van der Waals surface area contributed by atoms with Crippen molar-refractivity contribution >= 4 is 21.6 Å². The molecule has 0 amide bonds. The normalized spacial score (nSPS) is 11.9. The molecule has 0 spiro atoms. The molecule has 1 unspecified atom stereocenters. The van der Waals surface area contributed by atoms with Crippen molar-refractivity contribution in [2.24, 2.45) is 0 Å². The highest BCUT2D eigenvalue weighted by atomic mass is 79.9. The molecule has 2 rings (SSSR count). The van der Waals surface area contributed by atoms with Gasteiger partial charge in [0.15, 0.2) is 0 Å². The average Bonchev–Trinajstić information content (AvgIpc) is 2.42. The summed E-state index contributed by atoms with van der Waals surface area (Å²) in [6.07, 6.45) is 1.71. The van der Waals surface area contributed by atoms with Gasteiger partial charge < -0.3 is 15.2 Å². The SMILES string of the molecule is COc1ccc(O)c(C(C)Nc2cccnc2Br)c1. The fourth-order valence-electron chi connectivity index (χ4n) is 1.81. The number of nitrogens with one attached hydrogen (secondary N) is 1. The van der Waals surface area contributed by atoms with E-state index in [1.54, 1.807) is 25.4 Å². The molecule has 0 aliphatic heterocycles. The van der Waals surface area contributed by atoms with Gasteiger partial charge in [0.05, 0.1) is 18.8 Å². The molecule has 0 saturated carbocycles. The van der Waals surface area contributed by atoms with Crippen molar-refractivity contribution in [1.29, 1.82) is 0 Å². The van der Waals surface area contributed by atoms with Gasteiger partial charge in [0, 0.05) is 11.8 Å². The molecule has 19 heavy (non-hydrogen) atoms. The second-order valence-corrected chi connectivity index (χ2v) is 4.88. The number of aromatic nitrogens is 1. The van der Waals surface area contributed by atoms with E-state index in [1.807, 2.05) is 25.1 Å². The molecule has 100 valence electrons. The Kier molecular flexibility index (Phi) is 4.27. The first-order chi connectivity index (χ1) is 9.11. The Morgan fingerprint density at radius 1 is 1.37 bits per heavy atom. The van der Waals surface area contributed by atoms with Crippen LogP contribution in [0.1, 0.15) is 18.5 Å². The zero-order chi connectivity index (χ0) is 13.8. The van der Waals surface area contributed by atoms with Gasteiger partial charge in [0.2, 0.25) is 0 Å². The minimum Gasteiger partial charge on any atom is -0.508 e. The lowest BCUT2D eigenvalue weighted by atomic mass is 10.1. The van der Waals surface area contributed by atoms with Crippen LogP contribution in [0, 0.1) is 0 Å². The number of anilines is 1. The van der Waals surface area contributed by atoms with E-state index in [1.165, 1.54) is 0 Å². The van der Waals surface area contributed by atoms with Crippen molar-refractivity contribution in [2.45, 2.75) is 13.0 Å². The van der Waals surface area contributed by atoms with Gasteiger partial charge in [-0.2, -0.15) is 0 Å². The summed E-state index contributed by atoms with van der Waals surface area (Å²) >= 11 is 3.38. The second-order valence-electron chi connectivity index (χ2n) is 4.13. The van der Waals surface area contributed by atoms with Gasteiger partial charge in [-0.15, -0.1) is 0 Å². The van der Waals surface area contributed by atoms with Crippen molar-refractivity contribution in [1.82, 2.24) is 4.98 Å². The van der Waals surface area contributed by atoms with Crippen molar-refractivity contribution in [2.75, 3.05) is 12.4 Å². The summed E-state index contributed by atoms with van der Waals surface area (Å²) in [7, 11) is 1.60. The van der Waals surface area contributed by atoms with E-state index in [0.29, 0.717) is 5.75 Å². The molecule has 2 N–H and O–H groups in total. The number of benzene rings is 1. The Hall–Kier alpha value is -1.75. The monoisotopic (exact) mass is 322 g/mol. The number of phenols is 1. The first-order valence-electron chi connectivity index (χ1n) is 5.85. The predicted molar refractivity (Wildman–Crippen MR) is 78.6 cm³/mol. The summed E-state index contributed by atoms with van der Waals surface area (Å²) in [5.41, 5.74) is 1.65. The first-order valence-corrected chi connectivity index (χ1v) is 6.65. The van der Waals surface area contributed by atoms with Crippen molar-refractivity contribution in [3.05, 3.63) is 46.7 Å². The molecule has 0 fully saturated rings. The third-order valence-electron chi connectivity index (χ3n) is 2.83. The standard InChI is InChI=1S/C14H15BrN2O2/c1-9(17-12-4-3-7-16-14(12)15)11-8-10(19-2)5-6-13(11)18/h3-9,17-18H,1-2H3. The zero-order valence-electron chi connectivity index (χ0n) is 10.7. The third-order valence-corrected chi connectivity index (χ3v) is 3.46. The van der Waals surface area contributed by atoms with Crippen LogP contribution in [0.3, 0.4) is 0 Å². The number of rotatable bonds is 4. The molecule has 5 heteroatoms. The molecule has 0 saturated heterocycles. The molecular formula is C14H15BrN2O2. The number of halogens is 1. The van der Waals surface area contributed by atoms with E-state index in [0.717, 1.165) is 15.9 Å². The molecular weight excluding hydrogens is 308 g/mol. The smallest absolute Gasteiger partial charge is 0.129 e. The van der Waals surface area contributed by atoms with Crippen LogP contribution in [0.15, 0.2) is 41.1 Å². The number of aromatic hydroxyl groups is 1. The Morgan fingerprint density at radius 3 is 2.84 bits per heavy atom. The number of nitrogens with zero attached hydrogens (tertiary/aromatic N) is 1. The Bertz CT molecular complexity index is 575. The molecule has 1 atom stereocenters. The van der Waals surface area contributed by atoms with Crippen LogP contribution in [-0.2, 0) is 0 Å². The molecule has 0 radical (unpaired) electrons. The summed E-state index contributed by atoms with van der Waals surface area (Å²) in [5, 5.41) is 13.2. The lowest BCUT2D eigenvalue weighted by molar-refractivity contribution is 0.410. The quantitative estimate of drug-likeness (QED) is 0.842. The molecule has 1 aromatic heterocycles. The van der Waals surface area contributed by atoms with Crippen molar-refractivity contribution in [3.63, 3.8) is 0 Å². The van der Waals surface area contributed by atoms with Crippen LogP contribution in [0.25, 0.3) is 0 Å². The zero-order valence-corrected chi connectivity index (χ0v) is 12.3. The summed E-state index contributed by atoms with van der Waals surface area (Å²) < 4.78 is 5.91. The van der Waals surface area contributed by atoms with E-state index < -0.39 is 0 Å².